The average molecular weight is 587 g/mol. The minimum atomic E-state index is -3.75. The maximum atomic E-state index is 13.5. The van der Waals surface area contributed by atoms with Crippen molar-refractivity contribution in [3.8, 4) is 0 Å². The summed E-state index contributed by atoms with van der Waals surface area (Å²) in [4.78, 5) is 15.3. The van der Waals surface area contributed by atoms with Crippen LogP contribution in [-0.2, 0) is 27.9 Å². The molecule has 0 aliphatic heterocycles. The zero-order valence-electron chi connectivity index (χ0n) is 21.6. The number of hydrogen-bond acceptors (Lipinski definition) is 3. The molecule has 198 valence electrons. The Kier molecular flexibility index (Phi) is 11.2. The average Bonchev–Trinajstić information content (AvgIpc) is 3.33. The van der Waals surface area contributed by atoms with Crippen LogP contribution in [0, 0.1) is 0 Å². The van der Waals surface area contributed by atoms with Gasteiger partial charge in [0.15, 0.2) is 0 Å². The molecule has 0 bridgehead atoms. The Morgan fingerprint density at radius 2 is 1.68 bits per heavy atom. The maximum absolute atomic E-state index is 13.5. The van der Waals surface area contributed by atoms with Crippen LogP contribution in [0.15, 0.2) is 82.8 Å². The molecule has 8 heteroatoms. The second kappa shape index (κ2) is 14.3. The molecule has 0 saturated carbocycles. The summed E-state index contributed by atoms with van der Waals surface area (Å²) < 4.78 is 30.7. The van der Waals surface area contributed by atoms with Gasteiger partial charge in [0, 0.05) is 41.4 Å². The largest absolute Gasteiger partial charge is 0.345 e. The minimum absolute atomic E-state index is 0.174. The summed E-state index contributed by atoms with van der Waals surface area (Å²) in [6.07, 6.45) is 6.01. The van der Waals surface area contributed by atoms with E-state index < -0.39 is 10.0 Å². The van der Waals surface area contributed by atoms with Crippen LogP contribution in [0.1, 0.15) is 49.9 Å². The van der Waals surface area contributed by atoms with Gasteiger partial charge in [0.05, 0.1) is 13.1 Å². The van der Waals surface area contributed by atoms with Crippen LogP contribution < -0.4 is 0 Å². The Bertz CT molecular complexity index is 1260. The molecule has 1 heterocycles. The van der Waals surface area contributed by atoms with Gasteiger partial charge in [-0.05, 0) is 54.3 Å². The van der Waals surface area contributed by atoms with Crippen molar-refractivity contribution < 1.29 is 13.2 Å². The summed E-state index contributed by atoms with van der Waals surface area (Å²) >= 11 is 3.47. The topological polar surface area (TPSA) is 62.6 Å². The van der Waals surface area contributed by atoms with E-state index in [2.05, 4.69) is 39.6 Å². The van der Waals surface area contributed by atoms with Gasteiger partial charge in [0.1, 0.15) is 0 Å². The molecule has 1 aromatic heterocycles. The molecule has 0 aliphatic rings. The van der Waals surface area contributed by atoms with Crippen LogP contribution in [0.3, 0.4) is 0 Å². The third-order valence-corrected chi connectivity index (χ3v) is 8.09. The van der Waals surface area contributed by atoms with Gasteiger partial charge < -0.3 is 9.47 Å². The van der Waals surface area contributed by atoms with Crippen molar-refractivity contribution in [2.24, 2.45) is 0 Å². The van der Waals surface area contributed by atoms with Gasteiger partial charge in [0.2, 0.25) is 15.9 Å². The fraction of sp³-hybridized carbons (Fsp3) is 0.345. The third-order valence-electron chi connectivity index (χ3n) is 6.05. The van der Waals surface area contributed by atoms with E-state index in [0.29, 0.717) is 26.1 Å². The Labute approximate surface area is 229 Å². The molecule has 0 unspecified atom stereocenters. The highest BCUT2D eigenvalue weighted by Gasteiger charge is 2.25. The molecule has 0 saturated heterocycles. The zero-order valence-corrected chi connectivity index (χ0v) is 24.0. The van der Waals surface area contributed by atoms with Crippen LogP contribution in [0.4, 0.5) is 0 Å². The van der Waals surface area contributed by atoms with E-state index >= 15 is 0 Å². The molecule has 0 atom stereocenters. The van der Waals surface area contributed by atoms with Gasteiger partial charge in [-0.15, -0.1) is 0 Å². The van der Waals surface area contributed by atoms with Gasteiger partial charge >= 0.3 is 0 Å². The van der Waals surface area contributed by atoms with Crippen LogP contribution in [0.5, 0.6) is 0 Å². The first kappa shape index (κ1) is 28.9. The number of hydrogen-bond donors (Lipinski definition) is 0. The highest BCUT2D eigenvalue weighted by Crippen LogP contribution is 2.16. The Morgan fingerprint density at radius 1 is 0.946 bits per heavy atom. The smallest absolute Gasteiger partial charge is 0.238 e. The van der Waals surface area contributed by atoms with Crippen LogP contribution in [0.2, 0.25) is 0 Å². The van der Waals surface area contributed by atoms with Gasteiger partial charge in [0.25, 0.3) is 0 Å². The number of carbonyl (C=O) groups is 1. The number of amides is 1. The number of carbonyl (C=O) groups excluding carboxylic acids is 1. The molecular formula is C29H36BrN3O3S. The van der Waals surface area contributed by atoms with Crippen molar-refractivity contribution in [2.45, 2.75) is 46.2 Å². The molecule has 0 fully saturated rings. The normalized spacial score (nSPS) is 11.9. The number of rotatable bonds is 14. The molecule has 2 aromatic carbocycles. The highest BCUT2D eigenvalue weighted by atomic mass is 79.9. The van der Waals surface area contributed by atoms with Crippen molar-refractivity contribution in [3.63, 3.8) is 0 Å². The molecule has 1 amide bonds. The SMILES string of the molecule is CCCCN(Cc1cccn1Cc1ccc(Br)cc1)C(=O)CN(CCC)S(=O)(=O)C=Cc1ccccc1. The summed E-state index contributed by atoms with van der Waals surface area (Å²) in [6, 6.07) is 21.5. The quantitative estimate of drug-likeness (QED) is 0.228. The third kappa shape index (κ3) is 8.98. The molecule has 0 spiro atoms. The number of sulfonamides is 1. The summed E-state index contributed by atoms with van der Waals surface area (Å²) in [5.41, 5.74) is 2.98. The monoisotopic (exact) mass is 585 g/mol. The predicted molar refractivity (Wildman–Crippen MR) is 154 cm³/mol. The van der Waals surface area contributed by atoms with Crippen LogP contribution in [0.25, 0.3) is 6.08 Å². The molecule has 0 N–H and O–H groups in total. The molecule has 0 aliphatic carbocycles. The summed E-state index contributed by atoms with van der Waals surface area (Å²) in [7, 11) is -3.75. The number of unbranched alkanes of at least 4 members (excludes halogenated alkanes) is 1. The van der Waals surface area contributed by atoms with E-state index in [9.17, 15) is 13.2 Å². The van der Waals surface area contributed by atoms with E-state index in [0.717, 1.165) is 34.1 Å². The lowest BCUT2D eigenvalue weighted by Crippen LogP contribution is -2.43. The second-order valence-corrected chi connectivity index (χ2v) is 11.7. The van der Waals surface area contributed by atoms with E-state index in [1.807, 2.05) is 67.7 Å². The lowest BCUT2D eigenvalue weighted by atomic mass is 10.2. The van der Waals surface area contributed by atoms with Crippen molar-refractivity contribution in [2.75, 3.05) is 19.6 Å². The van der Waals surface area contributed by atoms with E-state index in [1.54, 1.807) is 11.0 Å². The van der Waals surface area contributed by atoms with Crippen molar-refractivity contribution in [3.05, 3.63) is 99.6 Å². The predicted octanol–water partition coefficient (Wildman–Crippen LogP) is 6.14. The van der Waals surface area contributed by atoms with Gasteiger partial charge in [-0.25, -0.2) is 8.42 Å². The lowest BCUT2D eigenvalue weighted by Gasteiger charge is -2.27. The standard InChI is InChI=1S/C29H36BrN3O3S/c1-3-5-19-32(23-28-12-9-20-31(28)22-26-13-15-27(30)16-14-26)29(34)24-33(18-4-2)37(35,36)21-17-25-10-7-6-8-11-25/h6-17,20-21H,3-5,18-19,22-24H2,1-2H3. The maximum Gasteiger partial charge on any atom is 0.238 e. The first-order chi connectivity index (χ1) is 17.8. The van der Waals surface area contributed by atoms with Crippen molar-refractivity contribution in [1.82, 2.24) is 13.8 Å². The van der Waals surface area contributed by atoms with Gasteiger partial charge in [-0.3, -0.25) is 4.79 Å². The fourth-order valence-corrected chi connectivity index (χ4v) is 5.47. The number of nitrogens with zero attached hydrogens (tertiary/aromatic N) is 3. The molecule has 3 aromatic rings. The lowest BCUT2D eigenvalue weighted by molar-refractivity contribution is -0.132. The molecular weight excluding hydrogens is 550 g/mol. The summed E-state index contributed by atoms with van der Waals surface area (Å²) in [5, 5.41) is 1.20. The van der Waals surface area contributed by atoms with Crippen molar-refractivity contribution >= 4 is 37.9 Å². The Morgan fingerprint density at radius 3 is 2.35 bits per heavy atom. The number of halogens is 1. The number of benzene rings is 2. The summed E-state index contributed by atoms with van der Waals surface area (Å²) in [6.45, 7) is 5.83. The highest BCUT2D eigenvalue weighted by molar-refractivity contribution is 9.10. The molecule has 3 rings (SSSR count). The molecule has 37 heavy (non-hydrogen) atoms. The van der Waals surface area contributed by atoms with Crippen molar-refractivity contribution in [1.29, 1.82) is 0 Å². The Balaban J connectivity index is 1.75. The molecule has 0 radical (unpaired) electrons. The second-order valence-electron chi connectivity index (χ2n) is 9.01. The van der Waals surface area contributed by atoms with E-state index in [-0.39, 0.29) is 19.0 Å². The minimum Gasteiger partial charge on any atom is -0.345 e. The Hall–Kier alpha value is -2.68. The summed E-state index contributed by atoms with van der Waals surface area (Å²) in [5.74, 6) is -0.185. The van der Waals surface area contributed by atoms with Gasteiger partial charge in [-0.2, -0.15) is 4.31 Å². The van der Waals surface area contributed by atoms with Crippen LogP contribution >= 0.6 is 15.9 Å². The number of aromatic nitrogens is 1. The van der Waals surface area contributed by atoms with Gasteiger partial charge in [-0.1, -0.05) is 78.7 Å². The van der Waals surface area contributed by atoms with E-state index in [1.165, 1.54) is 9.71 Å². The first-order valence-electron chi connectivity index (χ1n) is 12.7. The first-order valence-corrected chi connectivity index (χ1v) is 15.0. The zero-order chi connectivity index (χ0) is 26.7. The fourth-order valence-electron chi connectivity index (χ4n) is 3.98. The van der Waals surface area contributed by atoms with Crippen LogP contribution in [-0.4, -0.2) is 47.7 Å². The van der Waals surface area contributed by atoms with E-state index in [4.69, 9.17) is 0 Å². The molecule has 6 nitrogen and oxygen atoms in total.